The van der Waals surface area contributed by atoms with E-state index in [9.17, 15) is 4.39 Å². The Kier molecular flexibility index (Phi) is 8.02. The Morgan fingerprint density at radius 1 is 1.12 bits per heavy atom. The number of unbranched alkanes of at least 4 members (excludes halogenated alkanes) is 1. The van der Waals surface area contributed by atoms with Gasteiger partial charge in [-0.2, -0.15) is 0 Å². The van der Waals surface area contributed by atoms with Crippen molar-refractivity contribution in [3.63, 3.8) is 0 Å². The van der Waals surface area contributed by atoms with Gasteiger partial charge in [0.15, 0.2) is 11.5 Å². The molecule has 0 heterocycles. The van der Waals surface area contributed by atoms with Crippen molar-refractivity contribution in [2.75, 3.05) is 13.2 Å². The second-order valence-corrected chi connectivity index (χ2v) is 6.16. The zero-order valence-corrected chi connectivity index (χ0v) is 15.5. The van der Waals surface area contributed by atoms with E-state index in [1.807, 2.05) is 19.1 Å². The van der Waals surface area contributed by atoms with Crippen molar-refractivity contribution >= 4 is 11.6 Å². The van der Waals surface area contributed by atoms with E-state index >= 15 is 0 Å². The smallest absolute Gasteiger partial charge is 0.180 e. The standard InChI is InChI=1S/C20H25ClFNO2/c1-3-5-10-23-13-15-11-17(21)20(19(12-15)24-4-2)25-14-16-8-6-7-9-18(16)22/h6-9,11-12,23H,3-5,10,13-14H2,1-2H3. The van der Waals surface area contributed by atoms with Crippen LogP contribution >= 0.6 is 11.6 Å². The van der Waals surface area contributed by atoms with Gasteiger partial charge in [0.05, 0.1) is 11.6 Å². The third-order valence-electron chi connectivity index (χ3n) is 3.74. The van der Waals surface area contributed by atoms with Crippen LogP contribution in [0, 0.1) is 5.82 Å². The summed E-state index contributed by atoms with van der Waals surface area (Å²) in [6.45, 7) is 6.34. The van der Waals surface area contributed by atoms with E-state index in [1.165, 1.54) is 6.07 Å². The van der Waals surface area contributed by atoms with Crippen LogP contribution in [0.25, 0.3) is 0 Å². The molecule has 2 aromatic carbocycles. The van der Waals surface area contributed by atoms with E-state index in [1.54, 1.807) is 18.2 Å². The van der Waals surface area contributed by atoms with Crippen molar-refractivity contribution in [2.24, 2.45) is 0 Å². The van der Waals surface area contributed by atoms with Gasteiger partial charge in [-0.25, -0.2) is 4.39 Å². The lowest BCUT2D eigenvalue weighted by molar-refractivity contribution is 0.266. The number of nitrogens with one attached hydrogen (secondary N) is 1. The molecule has 0 saturated heterocycles. The molecule has 2 aromatic rings. The predicted octanol–water partition coefficient (Wildman–Crippen LogP) is 5.35. The van der Waals surface area contributed by atoms with Crippen LogP contribution < -0.4 is 14.8 Å². The van der Waals surface area contributed by atoms with Crippen molar-refractivity contribution in [3.05, 3.63) is 58.4 Å². The first kappa shape index (κ1) is 19.5. The SMILES string of the molecule is CCCCNCc1cc(Cl)c(OCc2ccccc2F)c(OCC)c1. The zero-order valence-electron chi connectivity index (χ0n) is 14.8. The lowest BCUT2D eigenvalue weighted by Crippen LogP contribution is -2.14. The molecule has 0 amide bonds. The van der Waals surface area contributed by atoms with Crippen molar-refractivity contribution in [1.29, 1.82) is 0 Å². The molecule has 0 aliphatic rings. The summed E-state index contributed by atoms with van der Waals surface area (Å²) < 4.78 is 25.2. The Balaban J connectivity index is 2.11. The molecule has 0 aromatic heterocycles. The Morgan fingerprint density at radius 3 is 2.64 bits per heavy atom. The molecule has 0 atom stereocenters. The molecule has 0 fully saturated rings. The van der Waals surface area contributed by atoms with Gasteiger partial charge in [0.2, 0.25) is 0 Å². The number of hydrogen-bond donors (Lipinski definition) is 1. The summed E-state index contributed by atoms with van der Waals surface area (Å²) in [7, 11) is 0. The first-order valence-corrected chi connectivity index (χ1v) is 9.05. The van der Waals surface area contributed by atoms with Crippen LogP contribution in [-0.2, 0) is 13.2 Å². The maximum Gasteiger partial charge on any atom is 0.180 e. The summed E-state index contributed by atoms with van der Waals surface area (Å²) in [6.07, 6.45) is 2.29. The van der Waals surface area contributed by atoms with E-state index in [2.05, 4.69) is 12.2 Å². The summed E-state index contributed by atoms with van der Waals surface area (Å²) in [5.74, 6) is 0.732. The molecular weight excluding hydrogens is 341 g/mol. The van der Waals surface area contributed by atoms with Crippen LogP contribution in [0.2, 0.25) is 5.02 Å². The maximum absolute atomic E-state index is 13.8. The normalized spacial score (nSPS) is 10.7. The highest BCUT2D eigenvalue weighted by Crippen LogP contribution is 2.37. The molecule has 3 nitrogen and oxygen atoms in total. The van der Waals surface area contributed by atoms with Crippen LogP contribution in [0.15, 0.2) is 36.4 Å². The third kappa shape index (κ3) is 5.91. The highest BCUT2D eigenvalue weighted by Gasteiger charge is 2.14. The van der Waals surface area contributed by atoms with Gasteiger partial charge in [-0.3, -0.25) is 0 Å². The molecule has 0 radical (unpaired) electrons. The average molecular weight is 366 g/mol. The minimum absolute atomic E-state index is 0.0978. The molecule has 0 bridgehead atoms. The molecule has 0 unspecified atom stereocenters. The van der Waals surface area contributed by atoms with E-state index in [4.69, 9.17) is 21.1 Å². The fourth-order valence-corrected chi connectivity index (χ4v) is 2.71. The topological polar surface area (TPSA) is 30.5 Å². The van der Waals surface area contributed by atoms with Crippen molar-refractivity contribution in [1.82, 2.24) is 5.32 Å². The van der Waals surface area contributed by atoms with Gasteiger partial charge in [0, 0.05) is 12.1 Å². The first-order valence-electron chi connectivity index (χ1n) is 8.67. The molecule has 136 valence electrons. The average Bonchev–Trinajstić information content (AvgIpc) is 2.60. The van der Waals surface area contributed by atoms with Crippen LogP contribution in [0.1, 0.15) is 37.8 Å². The summed E-state index contributed by atoms with van der Waals surface area (Å²) in [5.41, 5.74) is 1.51. The van der Waals surface area contributed by atoms with E-state index in [0.29, 0.717) is 35.2 Å². The highest BCUT2D eigenvalue weighted by molar-refractivity contribution is 6.32. The van der Waals surface area contributed by atoms with Gasteiger partial charge in [0.1, 0.15) is 12.4 Å². The van der Waals surface area contributed by atoms with Crippen LogP contribution in [0.5, 0.6) is 11.5 Å². The van der Waals surface area contributed by atoms with Gasteiger partial charge in [-0.05, 0) is 43.7 Å². The Morgan fingerprint density at radius 2 is 1.92 bits per heavy atom. The summed E-state index contributed by atoms with van der Waals surface area (Å²) >= 11 is 6.39. The molecular formula is C20H25ClFNO2. The zero-order chi connectivity index (χ0) is 18.1. The van der Waals surface area contributed by atoms with Crippen molar-refractivity contribution < 1.29 is 13.9 Å². The Hall–Kier alpha value is -1.78. The molecule has 0 spiro atoms. The van der Waals surface area contributed by atoms with E-state index < -0.39 is 0 Å². The molecule has 25 heavy (non-hydrogen) atoms. The summed E-state index contributed by atoms with van der Waals surface area (Å²) in [5, 5.41) is 3.85. The lowest BCUT2D eigenvalue weighted by atomic mass is 10.2. The van der Waals surface area contributed by atoms with Gasteiger partial charge in [0.25, 0.3) is 0 Å². The minimum atomic E-state index is -0.298. The van der Waals surface area contributed by atoms with Gasteiger partial charge in [-0.15, -0.1) is 0 Å². The first-order chi connectivity index (χ1) is 12.2. The number of halogens is 2. The predicted molar refractivity (Wildman–Crippen MR) is 100.0 cm³/mol. The third-order valence-corrected chi connectivity index (χ3v) is 4.02. The quantitative estimate of drug-likeness (QED) is 0.576. The van der Waals surface area contributed by atoms with E-state index in [0.717, 1.165) is 24.9 Å². The minimum Gasteiger partial charge on any atom is -0.490 e. The number of ether oxygens (including phenoxy) is 2. The second-order valence-electron chi connectivity index (χ2n) is 5.75. The highest BCUT2D eigenvalue weighted by atomic mass is 35.5. The molecule has 1 N–H and O–H groups in total. The fourth-order valence-electron chi connectivity index (χ4n) is 2.43. The maximum atomic E-state index is 13.8. The fraction of sp³-hybridized carbons (Fsp3) is 0.400. The van der Waals surface area contributed by atoms with E-state index in [-0.39, 0.29) is 12.4 Å². The molecule has 0 aliphatic heterocycles. The molecule has 5 heteroatoms. The van der Waals surface area contributed by atoms with Crippen molar-refractivity contribution in [3.8, 4) is 11.5 Å². The lowest BCUT2D eigenvalue weighted by Gasteiger charge is -2.16. The molecule has 0 aliphatic carbocycles. The Labute approximate surface area is 154 Å². The number of benzene rings is 2. The van der Waals surface area contributed by atoms with Gasteiger partial charge >= 0.3 is 0 Å². The number of hydrogen-bond acceptors (Lipinski definition) is 3. The molecule has 2 rings (SSSR count). The second kappa shape index (κ2) is 10.3. The molecule has 0 saturated carbocycles. The number of rotatable bonds is 10. The van der Waals surface area contributed by atoms with Crippen LogP contribution in [0.3, 0.4) is 0 Å². The summed E-state index contributed by atoms with van der Waals surface area (Å²) in [4.78, 5) is 0. The van der Waals surface area contributed by atoms with Gasteiger partial charge in [-0.1, -0.05) is 43.1 Å². The Bertz CT molecular complexity index is 679. The largest absolute Gasteiger partial charge is 0.490 e. The van der Waals surface area contributed by atoms with Gasteiger partial charge < -0.3 is 14.8 Å². The van der Waals surface area contributed by atoms with Crippen LogP contribution in [0.4, 0.5) is 4.39 Å². The summed E-state index contributed by atoms with van der Waals surface area (Å²) in [6, 6.07) is 10.3. The van der Waals surface area contributed by atoms with Crippen LogP contribution in [-0.4, -0.2) is 13.2 Å². The van der Waals surface area contributed by atoms with Crippen molar-refractivity contribution in [2.45, 2.75) is 39.8 Å². The monoisotopic (exact) mass is 365 g/mol.